The largest absolute Gasteiger partial charge is 0.340 e. The van der Waals surface area contributed by atoms with Crippen LogP contribution in [-0.2, 0) is 13.1 Å². The van der Waals surface area contributed by atoms with Gasteiger partial charge in [-0.15, -0.1) is 11.3 Å². The fourth-order valence-corrected chi connectivity index (χ4v) is 2.24. The summed E-state index contributed by atoms with van der Waals surface area (Å²) in [6.07, 6.45) is 0. The highest BCUT2D eigenvalue weighted by molar-refractivity contribution is 7.13. The Labute approximate surface area is 79.8 Å². The highest BCUT2D eigenvalue weighted by Gasteiger charge is 2.15. The number of fused-ring (bicyclic) bond motifs is 1. The molecule has 0 aliphatic carbocycles. The van der Waals surface area contributed by atoms with Crippen molar-refractivity contribution in [3.05, 3.63) is 28.9 Å². The van der Waals surface area contributed by atoms with Gasteiger partial charge in [-0.2, -0.15) is 0 Å². The molecule has 2 N–H and O–H groups in total. The average Bonchev–Trinajstić information content (AvgIpc) is 2.78. The Kier molecular flexibility index (Phi) is 1.50. The van der Waals surface area contributed by atoms with Gasteiger partial charge in [0, 0.05) is 13.1 Å². The molecule has 0 unspecified atom stereocenters. The molecular formula is C9H9N3S. The molecule has 0 fully saturated rings. The van der Waals surface area contributed by atoms with E-state index in [0.29, 0.717) is 0 Å². The van der Waals surface area contributed by atoms with Crippen LogP contribution in [0.1, 0.15) is 11.4 Å². The number of aromatic nitrogens is 2. The highest BCUT2D eigenvalue weighted by Crippen LogP contribution is 2.24. The van der Waals surface area contributed by atoms with Crippen molar-refractivity contribution in [2.24, 2.45) is 0 Å². The summed E-state index contributed by atoms with van der Waals surface area (Å²) >= 11 is 1.72. The molecule has 0 aromatic carbocycles. The van der Waals surface area contributed by atoms with E-state index in [-0.39, 0.29) is 0 Å². The van der Waals surface area contributed by atoms with Crippen LogP contribution in [0, 0.1) is 0 Å². The monoisotopic (exact) mass is 191 g/mol. The van der Waals surface area contributed by atoms with Gasteiger partial charge < -0.3 is 10.3 Å². The number of rotatable bonds is 1. The minimum absolute atomic E-state index is 0.900. The lowest BCUT2D eigenvalue weighted by Gasteiger charge is -1.91. The number of imidazole rings is 1. The highest BCUT2D eigenvalue weighted by atomic mass is 32.1. The summed E-state index contributed by atoms with van der Waals surface area (Å²) in [5.74, 6) is 1.02. The number of aromatic amines is 1. The maximum Gasteiger partial charge on any atom is 0.148 e. The lowest BCUT2D eigenvalue weighted by molar-refractivity contribution is 0.745. The molecule has 13 heavy (non-hydrogen) atoms. The molecule has 0 saturated heterocycles. The lowest BCUT2D eigenvalue weighted by atomic mass is 10.4. The smallest absolute Gasteiger partial charge is 0.148 e. The van der Waals surface area contributed by atoms with Gasteiger partial charge in [-0.25, -0.2) is 4.98 Å². The summed E-state index contributed by atoms with van der Waals surface area (Å²) in [6, 6.07) is 4.14. The van der Waals surface area contributed by atoms with Crippen molar-refractivity contribution in [3.63, 3.8) is 0 Å². The van der Waals surface area contributed by atoms with Gasteiger partial charge in [0.25, 0.3) is 0 Å². The number of H-pyrrole nitrogens is 1. The summed E-state index contributed by atoms with van der Waals surface area (Å²) < 4.78 is 0. The lowest BCUT2D eigenvalue weighted by Crippen LogP contribution is -2.02. The van der Waals surface area contributed by atoms with E-state index in [9.17, 15) is 0 Å². The van der Waals surface area contributed by atoms with Gasteiger partial charge in [0.05, 0.1) is 16.3 Å². The van der Waals surface area contributed by atoms with E-state index in [1.807, 2.05) is 6.07 Å². The van der Waals surface area contributed by atoms with Gasteiger partial charge in [-0.3, -0.25) is 0 Å². The topological polar surface area (TPSA) is 40.7 Å². The van der Waals surface area contributed by atoms with E-state index in [1.54, 1.807) is 11.3 Å². The van der Waals surface area contributed by atoms with E-state index < -0.39 is 0 Å². The Morgan fingerprint density at radius 2 is 2.38 bits per heavy atom. The maximum atomic E-state index is 4.53. The third kappa shape index (κ3) is 1.10. The van der Waals surface area contributed by atoms with Crippen molar-refractivity contribution in [1.82, 2.24) is 15.3 Å². The normalized spacial score (nSPS) is 14.8. The Morgan fingerprint density at radius 3 is 3.15 bits per heavy atom. The number of nitrogens with zero attached hydrogens (tertiary/aromatic N) is 1. The van der Waals surface area contributed by atoms with E-state index in [4.69, 9.17) is 0 Å². The summed E-state index contributed by atoms with van der Waals surface area (Å²) in [7, 11) is 0. The molecule has 0 amide bonds. The van der Waals surface area contributed by atoms with Crippen molar-refractivity contribution in [2.75, 3.05) is 0 Å². The minimum Gasteiger partial charge on any atom is -0.340 e. The summed E-state index contributed by atoms with van der Waals surface area (Å²) in [6.45, 7) is 1.82. The van der Waals surface area contributed by atoms with Crippen LogP contribution in [0.15, 0.2) is 17.5 Å². The van der Waals surface area contributed by atoms with Crippen LogP contribution in [-0.4, -0.2) is 9.97 Å². The molecular weight excluding hydrogens is 182 g/mol. The first kappa shape index (κ1) is 7.29. The second kappa shape index (κ2) is 2.68. The van der Waals surface area contributed by atoms with Crippen molar-refractivity contribution in [1.29, 1.82) is 0 Å². The van der Waals surface area contributed by atoms with Gasteiger partial charge in [0.1, 0.15) is 5.82 Å². The molecule has 0 atom stereocenters. The summed E-state index contributed by atoms with van der Waals surface area (Å²) in [5, 5.41) is 5.32. The van der Waals surface area contributed by atoms with Crippen LogP contribution in [0.25, 0.3) is 10.7 Å². The first-order chi connectivity index (χ1) is 6.43. The molecule has 0 bridgehead atoms. The molecule has 2 aromatic heterocycles. The van der Waals surface area contributed by atoms with Gasteiger partial charge in [-0.05, 0) is 11.4 Å². The maximum absolute atomic E-state index is 4.53. The molecule has 66 valence electrons. The average molecular weight is 191 g/mol. The molecule has 0 saturated carbocycles. The molecule has 0 radical (unpaired) electrons. The van der Waals surface area contributed by atoms with Crippen LogP contribution in [0.4, 0.5) is 0 Å². The van der Waals surface area contributed by atoms with E-state index in [0.717, 1.165) is 18.9 Å². The SMILES string of the molecule is c1csc(-c2nc3c([nH]2)CNC3)c1. The molecule has 3 heterocycles. The molecule has 2 aromatic rings. The molecule has 4 heteroatoms. The van der Waals surface area contributed by atoms with Gasteiger partial charge in [-0.1, -0.05) is 6.07 Å². The van der Waals surface area contributed by atoms with Gasteiger partial charge in [0.15, 0.2) is 0 Å². The number of nitrogens with one attached hydrogen (secondary N) is 2. The van der Waals surface area contributed by atoms with Crippen molar-refractivity contribution >= 4 is 11.3 Å². The first-order valence-corrected chi connectivity index (χ1v) is 5.14. The van der Waals surface area contributed by atoms with Crippen LogP contribution >= 0.6 is 11.3 Å². The van der Waals surface area contributed by atoms with Crippen LogP contribution in [0.5, 0.6) is 0 Å². The van der Waals surface area contributed by atoms with Crippen molar-refractivity contribution in [2.45, 2.75) is 13.1 Å². The Morgan fingerprint density at radius 1 is 1.38 bits per heavy atom. The Balaban J connectivity index is 2.08. The Hall–Kier alpha value is -1.13. The fraction of sp³-hybridized carbons (Fsp3) is 0.222. The fourth-order valence-electron chi connectivity index (χ4n) is 1.57. The second-order valence-corrected chi connectivity index (χ2v) is 4.04. The first-order valence-electron chi connectivity index (χ1n) is 4.26. The summed E-state index contributed by atoms with van der Waals surface area (Å²) in [4.78, 5) is 9.08. The van der Waals surface area contributed by atoms with Crippen LogP contribution < -0.4 is 5.32 Å². The van der Waals surface area contributed by atoms with Gasteiger partial charge in [0.2, 0.25) is 0 Å². The van der Waals surface area contributed by atoms with Crippen LogP contribution in [0.2, 0.25) is 0 Å². The predicted octanol–water partition coefficient (Wildman–Crippen LogP) is 1.74. The molecule has 0 spiro atoms. The zero-order valence-electron chi connectivity index (χ0n) is 7.00. The number of hydrogen-bond donors (Lipinski definition) is 2. The third-order valence-corrected chi connectivity index (χ3v) is 3.09. The van der Waals surface area contributed by atoms with Crippen molar-refractivity contribution in [3.8, 4) is 10.7 Å². The second-order valence-electron chi connectivity index (χ2n) is 3.09. The minimum atomic E-state index is 0.900. The number of thiophene rings is 1. The predicted molar refractivity (Wildman–Crippen MR) is 52.4 cm³/mol. The van der Waals surface area contributed by atoms with E-state index in [1.165, 1.54) is 16.3 Å². The van der Waals surface area contributed by atoms with Gasteiger partial charge >= 0.3 is 0 Å². The standard InChI is InChI=1S/C9H9N3S/c1-2-8(13-3-1)9-11-6-4-10-5-7(6)12-9/h1-3,10H,4-5H2,(H,11,12). The van der Waals surface area contributed by atoms with E-state index >= 15 is 0 Å². The van der Waals surface area contributed by atoms with Crippen LogP contribution in [0.3, 0.4) is 0 Å². The van der Waals surface area contributed by atoms with E-state index in [2.05, 4.69) is 26.7 Å². The van der Waals surface area contributed by atoms with Crippen molar-refractivity contribution < 1.29 is 0 Å². The summed E-state index contributed by atoms with van der Waals surface area (Å²) in [5.41, 5.74) is 2.41. The molecule has 1 aliphatic heterocycles. The number of hydrogen-bond acceptors (Lipinski definition) is 3. The zero-order valence-corrected chi connectivity index (χ0v) is 7.82. The quantitative estimate of drug-likeness (QED) is 0.721. The third-order valence-electron chi connectivity index (χ3n) is 2.21. The molecule has 3 rings (SSSR count). The molecule has 1 aliphatic rings. The molecule has 3 nitrogen and oxygen atoms in total. The Bertz CT molecular complexity index is 395. The zero-order chi connectivity index (χ0) is 8.67.